The molecule has 52 valence electrons. The van der Waals surface area contributed by atoms with E-state index in [-0.39, 0.29) is 5.56 Å². The van der Waals surface area contributed by atoms with Crippen LogP contribution in [0.3, 0.4) is 0 Å². The predicted octanol–water partition coefficient (Wildman–Crippen LogP) is 0.670. The molecule has 0 saturated carbocycles. The number of hydrogen-bond acceptors (Lipinski definition) is 3. The summed E-state index contributed by atoms with van der Waals surface area (Å²) in [7, 11) is 0. The zero-order valence-corrected chi connectivity index (χ0v) is 6.01. The number of aromatic amines is 1. The molecule has 0 aliphatic heterocycles. The lowest BCUT2D eigenvalue weighted by Gasteiger charge is -1.87. The highest BCUT2D eigenvalue weighted by atomic mass is 32.1. The molecule has 1 aromatic rings. The average molecular weight is 154 g/mol. The number of thiol groups is 1. The van der Waals surface area contributed by atoms with Crippen molar-refractivity contribution < 1.29 is 0 Å². The second-order valence-corrected chi connectivity index (χ2v) is 1.93. The Morgan fingerprint density at radius 3 is 3.10 bits per heavy atom. The van der Waals surface area contributed by atoms with Crippen LogP contribution in [0.15, 0.2) is 22.5 Å². The van der Waals surface area contributed by atoms with Crippen molar-refractivity contribution in [2.75, 3.05) is 0 Å². The Hall–Kier alpha value is -1.03. The van der Waals surface area contributed by atoms with Crippen LogP contribution in [0.5, 0.6) is 0 Å². The highest BCUT2D eigenvalue weighted by Crippen LogP contribution is 1.88. The van der Waals surface area contributed by atoms with Crippen LogP contribution in [0.4, 0.5) is 0 Å². The Morgan fingerprint density at radius 1 is 1.70 bits per heavy atom. The molecular formula is C6H6N2OS. The van der Waals surface area contributed by atoms with Crippen LogP contribution in [0.1, 0.15) is 5.82 Å². The van der Waals surface area contributed by atoms with E-state index in [1.54, 1.807) is 6.08 Å². The first-order valence-electron chi connectivity index (χ1n) is 2.69. The summed E-state index contributed by atoms with van der Waals surface area (Å²) in [5.41, 5.74) is -0.156. The van der Waals surface area contributed by atoms with E-state index in [4.69, 9.17) is 0 Å². The summed E-state index contributed by atoms with van der Waals surface area (Å²) in [4.78, 5) is 17.0. The first-order valence-corrected chi connectivity index (χ1v) is 3.20. The van der Waals surface area contributed by atoms with Gasteiger partial charge in [0.25, 0.3) is 5.56 Å². The number of hydrogen-bond donors (Lipinski definition) is 2. The molecule has 0 bridgehead atoms. The third-order valence-corrected chi connectivity index (χ3v) is 1.07. The monoisotopic (exact) mass is 154 g/mol. The Morgan fingerprint density at radius 2 is 2.50 bits per heavy atom. The standard InChI is InChI=1S/C6H6N2OS/c9-6-1-3-7-5(8-6)2-4-10/h1-4,10H,(H,7,8,9)/b4-2+. The van der Waals surface area contributed by atoms with Crippen molar-refractivity contribution in [2.24, 2.45) is 0 Å². The summed E-state index contributed by atoms with van der Waals surface area (Å²) in [5.74, 6) is 0.516. The fraction of sp³-hybridized carbons (Fsp3) is 0. The number of nitrogens with zero attached hydrogens (tertiary/aromatic N) is 1. The van der Waals surface area contributed by atoms with Gasteiger partial charge < -0.3 is 4.98 Å². The van der Waals surface area contributed by atoms with Crippen molar-refractivity contribution in [1.82, 2.24) is 9.97 Å². The zero-order chi connectivity index (χ0) is 7.40. The lowest BCUT2D eigenvalue weighted by Crippen LogP contribution is -2.05. The second kappa shape index (κ2) is 3.22. The highest BCUT2D eigenvalue weighted by molar-refractivity contribution is 7.83. The normalized spacial score (nSPS) is 10.5. The largest absolute Gasteiger partial charge is 0.307 e. The molecule has 1 rings (SSSR count). The molecule has 0 fully saturated rings. The summed E-state index contributed by atoms with van der Waals surface area (Å²) in [6.45, 7) is 0. The Bertz CT molecular complexity index is 292. The predicted molar refractivity (Wildman–Crippen MR) is 42.9 cm³/mol. The molecule has 0 spiro atoms. The molecule has 0 aliphatic carbocycles. The summed E-state index contributed by atoms with van der Waals surface area (Å²) in [6.07, 6.45) is 3.05. The summed E-state index contributed by atoms with van der Waals surface area (Å²) in [5, 5.41) is 1.51. The molecule has 4 heteroatoms. The summed E-state index contributed by atoms with van der Waals surface area (Å²) >= 11 is 3.82. The van der Waals surface area contributed by atoms with Gasteiger partial charge in [-0.2, -0.15) is 12.6 Å². The first kappa shape index (κ1) is 7.08. The third-order valence-electron chi connectivity index (χ3n) is 0.923. The van der Waals surface area contributed by atoms with Crippen LogP contribution in [-0.2, 0) is 0 Å². The molecule has 3 nitrogen and oxygen atoms in total. The van der Waals surface area contributed by atoms with E-state index in [1.165, 1.54) is 17.7 Å². The van der Waals surface area contributed by atoms with Crippen LogP contribution in [0.2, 0.25) is 0 Å². The van der Waals surface area contributed by atoms with Crippen LogP contribution in [0.25, 0.3) is 6.08 Å². The van der Waals surface area contributed by atoms with Gasteiger partial charge >= 0.3 is 0 Å². The molecule has 1 aromatic heterocycles. The number of rotatable bonds is 1. The lowest BCUT2D eigenvalue weighted by atomic mass is 10.5. The quantitative estimate of drug-likeness (QED) is 0.584. The maximum atomic E-state index is 10.6. The topological polar surface area (TPSA) is 45.8 Å². The van der Waals surface area contributed by atoms with E-state index in [1.807, 2.05) is 0 Å². The summed E-state index contributed by atoms with van der Waals surface area (Å²) < 4.78 is 0. The summed E-state index contributed by atoms with van der Waals surface area (Å²) in [6, 6.07) is 1.36. The van der Waals surface area contributed by atoms with Crippen LogP contribution in [-0.4, -0.2) is 9.97 Å². The number of aromatic nitrogens is 2. The van der Waals surface area contributed by atoms with Crippen LogP contribution in [0, 0.1) is 0 Å². The Balaban J connectivity index is 3.07. The van der Waals surface area contributed by atoms with Crippen molar-refractivity contribution in [1.29, 1.82) is 0 Å². The highest BCUT2D eigenvalue weighted by Gasteiger charge is 1.85. The van der Waals surface area contributed by atoms with Gasteiger partial charge in [0.15, 0.2) is 0 Å². The smallest absolute Gasteiger partial charge is 0.251 e. The fourth-order valence-corrected chi connectivity index (χ4v) is 0.682. The van der Waals surface area contributed by atoms with Gasteiger partial charge in [-0.15, -0.1) is 0 Å². The van der Waals surface area contributed by atoms with Gasteiger partial charge in [-0.05, 0) is 11.5 Å². The molecule has 1 heterocycles. The SMILES string of the molecule is O=c1ccnc(/C=C/S)[nH]1. The second-order valence-electron chi connectivity index (χ2n) is 1.64. The van der Waals surface area contributed by atoms with Crippen LogP contribution >= 0.6 is 12.6 Å². The Kier molecular flexibility index (Phi) is 2.28. The molecule has 10 heavy (non-hydrogen) atoms. The van der Waals surface area contributed by atoms with Crippen molar-refractivity contribution >= 4 is 18.7 Å². The van der Waals surface area contributed by atoms with E-state index in [9.17, 15) is 4.79 Å². The maximum Gasteiger partial charge on any atom is 0.251 e. The minimum atomic E-state index is -0.156. The van der Waals surface area contributed by atoms with Gasteiger partial charge in [0.05, 0.1) is 0 Å². The van der Waals surface area contributed by atoms with Gasteiger partial charge in [-0.1, -0.05) is 0 Å². The maximum absolute atomic E-state index is 10.6. The van der Waals surface area contributed by atoms with Gasteiger partial charge in [-0.25, -0.2) is 4.98 Å². The van der Waals surface area contributed by atoms with Crippen LogP contribution < -0.4 is 5.56 Å². The molecule has 0 unspecified atom stereocenters. The van der Waals surface area contributed by atoms with Crippen molar-refractivity contribution in [3.63, 3.8) is 0 Å². The van der Waals surface area contributed by atoms with Crippen molar-refractivity contribution in [3.8, 4) is 0 Å². The van der Waals surface area contributed by atoms with Crippen molar-refractivity contribution in [3.05, 3.63) is 33.8 Å². The van der Waals surface area contributed by atoms with E-state index >= 15 is 0 Å². The fourth-order valence-electron chi connectivity index (χ4n) is 0.541. The van der Waals surface area contributed by atoms with Gasteiger partial charge in [-0.3, -0.25) is 4.79 Å². The third kappa shape index (κ3) is 1.73. The first-order chi connectivity index (χ1) is 4.83. The van der Waals surface area contributed by atoms with Gasteiger partial charge in [0.2, 0.25) is 0 Å². The minimum Gasteiger partial charge on any atom is -0.307 e. The average Bonchev–Trinajstić information content (AvgIpc) is 1.88. The molecule has 1 N–H and O–H groups in total. The molecule has 0 saturated heterocycles. The van der Waals surface area contributed by atoms with Gasteiger partial charge in [0, 0.05) is 12.3 Å². The van der Waals surface area contributed by atoms with Gasteiger partial charge in [0.1, 0.15) is 5.82 Å². The molecule has 0 radical (unpaired) electrons. The van der Waals surface area contributed by atoms with E-state index < -0.39 is 0 Å². The molecule has 0 aliphatic rings. The molecule has 0 aromatic carbocycles. The molecular weight excluding hydrogens is 148 g/mol. The Labute approximate surface area is 63.2 Å². The van der Waals surface area contributed by atoms with E-state index in [2.05, 4.69) is 22.6 Å². The minimum absolute atomic E-state index is 0.156. The lowest BCUT2D eigenvalue weighted by molar-refractivity contribution is 1.09. The molecule has 0 atom stereocenters. The zero-order valence-electron chi connectivity index (χ0n) is 5.11. The number of H-pyrrole nitrogens is 1. The van der Waals surface area contributed by atoms with E-state index in [0.29, 0.717) is 5.82 Å². The molecule has 0 amide bonds. The number of nitrogens with one attached hydrogen (secondary N) is 1. The van der Waals surface area contributed by atoms with E-state index in [0.717, 1.165) is 0 Å². The van der Waals surface area contributed by atoms with Crippen molar-refractivity contribution in [2.45, 2.75) is 0 Å².